The van der Waals surface area contributed by atoms with Gasteiger partial charge in [-0.25, -0.2) is 0 Å². The highest BCUT2D eigenvalue weighted by Gasteiger charge is 2.55. The van der Waals surface area contributed by atoms with E-state index in [0.29, 0.717) is 35.2 Å². The lowest BCUT2D eigenvalue weighted by Crippen LogP contribution is -2.60. The van der Waals surface area contributed by atoms with Crippen LogP contribution in [0.15, 0.2) is 42.5 Å². The average Bonchev–Trinajstić information content (AvgIpc) is 3.24. The molecule has 1 fully saturated rings. The molecule has 0 saturated heterocycles. The van der Waals surface area contributed by atoms with Crippen LogP contribution in [-0.2, 0) is 9.53 Å². The number of amides is 2. The minimum Gasteiger partial charge on any atom is -0.495 e. The van der Waals surface area contributed by atoms with Crippen molar-refractivity contribution in [2.75, 3.05) is 32.7 Å². The minimum atomic E-state index is -0.570. The molecule has 0 radical (unpaired) electrons. The highest BCUT2D eigenvalue weighted by molar-refractivity contribution is 6.31. The molecule has 0 bridgehead atoms. The molecule has 2 aromatic carbocycles. The van der Waals surface area contributed by atoms with Crippen molar-refractivity contribution in [2.45, 2.75) is 37.1 Å². The smallest absolute Gasteiger partial charge is 0.254 e. The Morgan fingerprint density at radius 2 is 1.94 bits per heavy atom. The van der Waals surface area contributed by atoms with E-state index in [9.17, 15) is 9.59 Å². The van der Waals surface area contributed by atoms with Gasteiger partial charge in [0.15, 0.2) is 0 Å². The van der Waals surface area contributed by atoms with Gasteiger partial charge in [0.25, 0.3) is 5.91 Å². The highest BCUT2D eigenvalue weighted by Crippen LogP contribution is 2.50. The molecule has 164 valence electrons. The molecule has 0 aromatic heterocycles. The number of benzene rings is 2. The first kappa shape index (κ1) is 21.7. The van der Waals surface area contributed by atoms with Crippen LogP contribution in [0.1, 0.15) is 47.5 Å². The molecule has 2 aliphatic rings. The summed E-state index contributed by atoms with van der Waals surface area (Å²) in [6.07, 6.45) is 3.51. The van der Waals surface area contributed by atoms with Gasteiger partial charge in [-0.05, 0) is 42.7 Å². The molecule has 2 amide bonds. The van der Waals surface area contributed by atoms with Crippen LogP contribution in [0, 0.1) is 0 Å². The standard InChI is InChI=1S/C24H27ClN2O4/c1-30-14-13-27-23(29)18-8-4-3-7-17(18)21(24(27)11-5-6-12-24)22(28)26-19-15-16(25)9-10-20(19)31-2/h3-4,7-10,15,21H,5-6,11-14H2,1-2H3,(H,26,28). The topological polar surface area (TPSA) is 67.9 Å². The van der Waals surface area contributed by atoms with Gasteiger partial charge in [-0.3, -0.25) is 9.59 Å². The van der Waals surface area contributed by atoms with Crippen LogP contribution in [0.25, 0.3) is 0 Å². The van der Waals surface area contributed by atoms with Crippen LogP contribution < -0.4 is 10.1 Å². The second kappa shape index (κ2) is 8.89. The second-order valence-electron chi connectivity index (χ2n) is 8.11. The highest BCUT2D eigenvalue weighted by atomic mass is 35.5. The number of nitrogens with one attached hydrogen (secondary N) is 1. The lowest BCUT2D eigenvalue weighted by molar-refractivity contribution is -0.121. The number of carbonyl (C=O) groups excluding carboxylic acids is 2. The Bertz CT molecular complexity index is 987. The summed E-state index contributed by atoms with van der Waals surface area (Å²) in [5.74, 6) is -0.150. The van der Waals surface area contributed by atoms with Crippen molar-refractivity contribution in [1.29, 1.82) is 0 Å². The molecule has 4 rings (SSSR count). The monoisotopic (exact) mass is 442 g/mol. The molecular formula is C24H27ClN2O4. The van der Waals surface area contributed by atoms with Gasteiger partial charge in [0.1, 0.15) is 5.75 Å². The molecule has 1 heterocycles. The summed E-state index contributed by atoms with van der Waals surface area (Å²) in [5, 5.41) is 3.55. The third kappa shape index (κ3) is 3.79. The number of methoxy groups -OCH3 is 2. The van der Waals surface area contributed by atoms with Crippen LogP contribution in [-0.4, -0.2) is 49.6 Å². The molecule has 1 N–H and O–H groups in total. The predicted molar refractivity (Wildman–Crippen MR) is 120 cm³/mol. The summed E-state index contributed by atoms with van der Waals surface area (Å²) >= 11 is 6.17. The van der Waals surface area contributed by atoms with E-state index in [1.54, 1.807) is 38.5 Å². The van der Waals surface area contributed by atoms with Crippen LogP contribution >= 0.6 is 11.6 Å². The van der Waals surface area contributed by atoms with Gasteiger partial charge in [0.2, 0.25) is 5.91 Å². The fourth-order valence-corrected chi connectivity index (χ4v) is 5.33. The lowest BCUT2D eigenvalue weighted by atomic mass is 9.71. The number of halogens is 1. The molecule has 1 saturated carbocycles. The molecule has 1 spiro atoms. The van der Waals surface area contributed by atoms with Gasteiger partial charge in [-0.15, -0.1) is 0 Å². The van der Waals surface area contributed by atoms with Crippen molar-refractivity contribution in [2.24, 2.45) is 0 Å². The van der Waals surface area contributed by atoms with Gasteiger partial charge in [-0.1, -0.05) is 42.6 Å². The lowest BCUT2D eigenvalue weighted by Gasteiger charge is -2.50. The molecular weight excluding hydrogens is 416 g/mol. The molecule has 6 nitrogen and oxygen atoms in total. The number of anilines is 1. The fourth-order valence-electron chi connectivity index (χ4n) is 5.16. The normalized spacial score (nSPS) is 19.4. The summed E-state index contributed by atoms with van der Waals surface area (Å²) in [5.41, 5.74) is 1.31. The maximum Gasteiger partial charge on any atom is 0.254 e. The molecule has 31 heavy (non-hydrogen) atoms. The summed E-state index contributed by atoms with van der Waals surface area (Å²) in [4.78, 5) is 29.2. The van der Waals surface area contributed by atoms with Crippen molar-refractivity contribution >= 4 is 29.1 Å². The number of nitrogens with zero attached hydrogens (tertiary/aromatic N) is 1. The van der Waals surface area contributed by atoms with Crippen LogP contribution in [0.5, 0.6) is 5.75 Å². The number of hydrogen-bond donors (Lipinski definition) is 1. The molecule has 2 aromatic rings. The molecule has 1 aliphatic carbocycles. The summed E-state index contributed by atoms with van der Waals surface area (Å²) in [6.45, 7) is 0.875. The first-order valence-electron chi connectivity index (χ1n) is 10.6. The zero-order valence-electron chi connectivity index (χ0n) is 17.8. The van der Waals surface area contributed by atoms with Gasteiger partial charge < -0.3 is 19.7 Å². The van der Waals surface area contributed by atoms with E-state index in [4.69, 9.17) is 21.1 Å². The van der Waals surface area contributed by atoms with Gasteiger partial charge in [-0.2, -0.15) is 0 Å². The molecule has 1 atom stereocenters. The first-order valence-corrected chi connectivity index (χ1v) is 10.9. The van der Waals surface area contributed by atoms with Gasteiger partial charge in [0.05, 0.1) is 30.9 Å². The average molecular weight is 443 g/mol. The van der Waals surface area contributed by atoms with Gasteiger partial charge >= 0.3 is 0 Å². The van der Waals surface area contributed by atoms with Crippen molar-refractivity contribution in [3.63, 3.8) is 0 Å². The van der Waals surface area contributed by atoms with Crippen LogP contribution in [0.2, 0.25) is 5.02 Å². The van der Waals surface area contributed by atoms with E-state index in [1.165, 1.54) is 0 Å². The maximum atomic E-state index is 13.8. The fraction of sp³-hybridized carbons (Fsp3) is 0.417. The van der Waals surface area contributed by atoms with E-state index in [2.05, 4.69) is 5.32 Å². The van der Waals surface area contributed by atoms with Crippen molar-refractivity contribution < 1.29 is 19.1 Å². The van der Waals surface area contributed by atoms with Crippen LogP contribution in [0.4, 0.5) is 5.69 Å². The number of fused-ring (bicyclic) bond motifs is 1. The number of carbonyl (C=O) groups is 2. The third-order valence-electron chi connectivity index (χ3n) is 6.49. The van der Waals surface area contributed by atoms with Crippen molar-refractivity contribution in [1.82, 2.24) is 4.90 Å². The maximum absolute atomic E-state index is 13.8. The van der Waals surface area contributed by atoms with E-state index in [-0.39, 0.29) is 11.8 Å². The second-order valence-corrected chi connectivity index (χ2v) is 8.55. The first-order chi connectivity index (χ1) is 15.0. The third-order valence-corrected chi connectivity index (χ3v) is 6.73. The number of rotatable bonds is 6. The van der Waals surface area contributed by atoms with E-state index in [0.717, 1.165) is 31.2 Å². The zero-order valence-corrected chi connectivity index (χ0v) is 18.6. The van der Waals surface area contributed by atoms with Crippen LogP contribution in [0.3, 0.4) is 0 Å². The minimum absolute atomic E-state index is 0.0288. The van der Waals surface area contributed by atoms with Crippen molar-refractivity contribution in [3.8, 4) is 5.75 Å². The van der Waals surface area contributed by atoms with E-state index >= 15 is 0 Å². The van der Waals surface area contributed by atoms with E-state index in [1.807, 2.05) is 23.1 Å². The Morgan fingerprint density at radius 1 is 1.19 bits per heavy atom. The summed E-state index contributed by atoms with van der Waals surface area (Å²) < 4.78 is 10.7. The number of hydrogen-bond acceptors (Lipinski definition) is 4. The Kier molecular flexibility index (Phi) is 6.21. The molecule has 1 aliphatic heterocycles. The Labute approximate surface area is 187 Å². The largest absolute Gasteiger partial charge is 0.495 e. The number of ether oxygens (including phenoxy) is 2. The summed E-state index contributed by atoms with van der Waals surface area (Å²) in [7, 11) is 3.18. The predicted octanol–water partition coefficient (Wildman–Crippen LogP) is 4.49. The Hall–Kier alpha value is -2.57. The van der Waals surface area contributed by atoms with Crippen molar-refractivity contribution in [3.05, 3.63) is 58.6 Å². The Balaban J connectivity index is 1.80. The SMILES string of the molecule is COCCN1C(=O)c2ccccc2C(C(=O)Nc2cc(Cl)ccc2OC)C12CCCC2. The quantitative estimate of drug-likeness (QED) is 0.715. The zero-order chi connectivity index (χ0) is 22.0. The molecule has 7 heteroatoms. The van der Waals surface area contributed by atoms with E-state index < -0.39 is 11.5 Å². The molecule has 1 unspecified atom stereocenters. The summed E-state index contributed by atoms with van der Waals surface area (Å²) in [6, 6.07) is 12.6. The van der Waals surface area contributed by atoms with Gasteiger partial charge in [0, 0.05) is 24.2 Å². The Morgan fingerprint density at radius 3 is 2.65 bits per heavy atom.